The zero-order valence-corrected chi connectivity index (χ0v) is 21.7. The van der Waals surface area contributed by atoms with E-state index in [0.717, 1.165) is 34.2 Å². The van der Waals surface area contributed by atoms with Gasteiger partial charge < -0.3 is 9.40 Å². The predicted molar refractivity (Wildman–Crippen MR) is 143 cm³/mol. The number of nitrogens with zero attached hydrogens (tertiary/aromatic N) is 5. The molecular weight excluding hydrogens is 464 g/mol. The molecule has 0 aliphatic heterocycles. The molecule has 0 saturated heterocycles. The molecule has 1 N–H and O–H groups in total. The summed E-state index contributed by atoms with van der Waals surface area (Å²) in [5.74, 6) is 1.41. The molecule has 0 aliphatic carbocycles. The summed E-state index contributed by atoms with van der Waals surface area (Å²) in [6, 6.07) is 21.5. The molecule has 8 heteroatoms. The summed E-state index contributed by atoms with van der Waals surface area (Å²) in [5.41, 5.74) is 3.05. The number of aromatic amines is 1. The summed E-state index contributed by atoms with van der Waals surface area (Å²) in [6.07, 6.45) is 2.49. The van der Waals surface area contributed by atoms with Gasteiger partial charge in [0, 0.05) is 12.1 Å². The molecule has 2 aromatic carbocycles. The van der Waals surface area contributed by atoms with E-state index >= 15 is 0 Å². The molecule has 8 nitrogen and oxygen atoms in total. The fourth-order valence-electron chi connectivity index (χ4n) is 4.71. The monoisotopic (exact) mass is 496 g/mol. The molecule has 37 heavy (non-hydrogen) atoms. The van der Waals surface area contributed by atoms with Gasteiger partial charge in [-0.15, -0.1) is 5.10 Å². The quantitative estimate of drug-likeness (QED) is 0.296. The predicted octanol–water partition coefficient (Wildman–Crippen LogP) is 5.35. The topological polar surface area (TPSA) is 92.8 Å². The lowest BCUT2D eigenvalue weighted by Crippen LogP contribution is -2.38. The largest absolute Gasteiger partial charge is 0.468 e. The Hall–Kier alpha value is -4.04. The number of hydrogen-bond acceptors (Lipinski definition) is 6. The second-order valence-corrected chi connectivity index (χ2v) is 10.1. The van der Waals surface area contributed by atoms with Crippen molar-refractivity contribution >= 4 is 10.9 Å². The Balaban J connectivity index is 1.74. The first kappa shape index (κ1) is 24.6. The highest BCUT2D eigenvalue weighted by Gasteiger charge is 2.35. The molecule has 190 valence electrons. The number of benzene rings is 2. The molecule has 3 heterocycles. The van der Waals surface area contributed by atoms with Gasteiger partial charge in [0.2, 0.25) is 0 Å². The van der Waals surface area contributed by atoms with Crippen molar-refractivity contribution in [3.05, 3.63) is 112 Å². The van der Waals surface area contributed by atoms with E-state index in [4.69, 9.17) is 4.42 Å². The number of aromatic nitrogens is 5. The van der Waals surface area contributed by atoms with Gasteiger partial charge in [0.25, 0.3) is 5.56 Å². The van der Waals surface area contributed by atoms with Crippen molar-refractivity contribution in [2.24, 2.45) is 0 Å². The number of nitrogens with one attached hydrogen (secondary N) is 1. The van der Waals surface area contributed by atoms with Crippen molar-refractivity contribution in [1.82, 2.24) is 30.1 Å². The lowest BCUT2D eigenvalue weighted by atomic mass is 9.98. The zero-order valence-electron chi connectivity index (χ0n) is 21.7. The first-order valence-electron chi connectivity index (χ1n) is 12.6. The molecule has 0 amide bonds. The maximum absolute atomic E-state index is 13.7. The average Bonchev–Trinajstić information content (AvgIpc) is 3.59. The maximum Gasteiger partial charge on any atom is 0.253 e. The third kappa shape index (κ3) is 4.97. The average molecular weight is 497 g/mol. The molecule has 0 aliphatic rings. The van der Waals surface area contributed by atoms with Crippen LogP contribution in [-0.2, 0) is 18.6 Å². The molecule has 0 bridgehead atoms. The van der Waals surface area contributed by atoms with Crippen LogP contribution in [0.5, 0.6) is 0 Å². The Bertz CT molecular complexity index is 1540. The number of tetrazole rings is 1. The normalized spacial score (nSPS) is 12.9. The van der Waals surface area contributed by atoms with Gasteiger partial charge in [-0.1, -0.05) is 55.5 Å². The minimum absolute atomic E-state index is 0.159. The zero-order chi connectivity index (χ0) is 26.0. The van der Waals surface area contributed by atoms with Crippen molar-refractivity contribution in [2.45, 2.75) is 58.8 Å². The van der Waals surface area contributed by atoms with E-state index in [0.29, 0.717) is 24.5 Å². The van der Waals surface area contributed by atoms with Gasteiger partial charge in [-0.25, -0.2) is 4.68 Å². The number of rotatable bonds is 9. The van der Waals surface area contributed by atoms with Gasteiger partial charge in [-0.2, -0.15) is 0 Å². The lowest BCUT2D eigenvalue weighted by Gasteiger charge is -2.33. The lowest BCUT2D eigenvalue weighted by molar-refractivity contribution is 0.168. The number of H-pyrrole nitrogens is 1. The van der Waals surface area contributed by atoms with E-state index < -0.39 is 6.04 Å². The van der Waals surface area contributed by atoms with E-state index in [-0.39, 0.29) is 11.1 Å². The second kappa shape index (κ2) is 10.1. The van der Waals surface area contributed by atoms with E-state index in [1.165, 1.54) is 0 Å². The third-order valence-corrected chi connectivity index (χ3v) is 7.12. The van der Waals surface area contributed by atoms with Crippen LogP contribution in [0.15, 0.2) is 82.2 Å². The molecule has 0 radical (unpaired) electrons. The van der Waals surface area contributed by atoms with Gasteiger partial charge in [-0.3, -0.25) is 9.69 Å². The Kier molecular flexibility index (Phi) is 6.76. The first-order chi connectivity index (χ1) is 17.9. The van der Waals surface area contributed by atoms with Crippen molar-refractivity contribution in [1.29, 1.82) is 0 Å². The van der Waals surface area contributed by atoms with E-state index in [1.807, 2.05) is 66.2 Å². The molecular formula is C29H32N6O2. The SMILES string of the molecule is CCC(C)(C)n1nnnc1C(c1cc2cccc(C)c2[nH]c1=O)N(Cc1ccccc1)Cc1ccco1. The van der Waals surface area contributed by atoms with Gasteiger partial charge >= 0.3 is 0 Å². The summed E-state index contributed by atoms with van der Waals surface area (Å²) in [7, 11) is 0. The van der Waals surface area contributed by atoms with Crippen LogP contribution < -0.4 is 5.56 Å². The van der Waals surface area contributed by atoms with Gasteiger partial charge in [-0.05, 0) is 72.3 Å². The molecule has 0 fully saturated rings. The van der Waals surface area contributed by atoms with Crippen LogP contribution >= 0.6 is 0 Å². The Morgan fingerprint density at radius 2 is 1.86 bits per heavy atom. The fourth-order valence-corrected chi connectivity index (χ4v) is 4.71. The summed E-state index contributed by atoms with van der Waals surface area (Å²) in [4.78, 5) is 19.1. The minimum Gasteiger partial charge on any atom is -0.468 e. The highest BCUT2D eigenvalue weighted by molar-refractivity contribution is 5.82. The van der Waals surface area contributed by atoms with Crippen LogP contribution in [0.3, 0.4) is 0 Å². The second-order valence-electron chi connectivity index (χ2n) is 10.1. The first-order valence-corrected chi connectivity index (χ1v) is 12.6. The number of aryl methyl sites for hydroxylation is 1. The Labute approximate surface area is 215 Å². The van der Waals surface area contributed by atoms with Crippen LogP contribution in [-0.4, -0.2) is 30.1 Å². The number of furan rings is 1. The Morgan fingerprint density at radius 1 is 1.05 bits per heavy atom. The van der Waals surface area contributed by atoms with Gasteiger partial charge in [0.05, 0.1) is 23.9 Å². The Morgan fingerprint density at radius 3 is 2.59 bits per heavy atom. The number of pyridine rings is 1. The summed E-state index contributed by atoms with van der Waals surface area (Å²) < 4.78 is 7.61. The molecule has 3 aromatic heterocycles. The van der Waals surface area contributed by atoms with Crippen LogP contribution in [0.2, 0.25) is 0 Å². The van der Waals surface area contributed by atoms with Crippen molar-refractivity contribution in [3.63, 3.8) is 0 Å². The standard InChI is InChI=1S/C29H32N6O2/c1-5-29(3,4)35-27(31-32-33-35)26(24-17-22-14-9-11-20(2)25(22)30-28(24)36)34(19-23-15-10-16-37-23)18-21-12-7-6-8-13-21/h6-17,26H,5,18-19H2,1-4H3,(H,30,36). The van der Waals surface area contributed by atoms with Crippen LogP contribution in [0.25, 0.3) is 10.9 Å². The molecule has 5 aromatic rings. The minimum atomic E-state index is -0.528. The maximum atomic E-state index is 13.7. The number of fused-ring (bicyclic) bond motifs is 1. The van der Waals surface area contributed by atoms with E-state index in [1.54, 1.807) is 6.26 Å². The molecule has 5 rings (SSSR count). The number of para-hydroxylation sites is 1. The summed E-state index contributed by atoms with van der Waals surface area (Å²) in [6.45, 7) is 9.35. The van der Waals surface area contributed by atoms with E-state index in [2.05, 4.69) is 58.3 Å². The molecule has 0 spiro atoms. The highest BCUT2D eigenvalue weighted by atomic mass is 16.3. The van der Waals surface area contributed by atoms with Crippen molar-refractivity contribution in [2.75, 3.05) is 0 Å². The van der Waals surface area contributed by atoms with Gasteiger partial charge in [0.1, 0.15) is 11.8 Å². The van der Waals surface area contributed by atoms with E-state index in [9.17, 15) is 4.79 Å². The van der Waals surface area contributed by atoms with Crippen LogP contribution in [0, 0.1) is 6.92 Å². The molecule has 0 saturated carbocycles. The molecule has 1 atom stereocenters. The fraction of sp³-hybridized carbons (Fsp3) is 0.310. The van der Waals surface area contributed by atoms with Crippen LogP contribution in [0.4, 0.5) is 0 Å². The summed E-state index contributed by atoms with van der Waals surface area (Å²) >= 11 is 0. The van der Waals surface area contributed by atoms with Crippen LogP contribution in [0.1, 0.15) is 61.5 Å². The molecule has 1 unspecified atom stereocenters. The third-order valence-electron chi connectivity index (χ3n) is 7.12. The van der Waals surface area contributed by atoms with Gasteiger partial charge in [0.15, 0.2) is 5.82 Å². The highest BCUT2D eigenvalue weighted by Crippen LogP contribution is 2.33. The number of hydrogen-bond donors (Lipinski definition) is 1. The smallest absolute Gasteiger partial charge is 0.253 e. The summed E-state index contributed by atoms with van der Waals surface area (Å²) in [5, 5.41) is 13.9. The van der Waals surface area contributed by atoms with Crippen molar-refractivity contribution in [3.8, 4) is 0 Å². The van der Waals surface area contributed by atoms with Crippen molar-refractivity contribution < 1.29 is 4.42 Å².